The van der Waals surface area contributed by atoms with Crippen LogP contribution in [0.15, 0.2) is 24.3 Å². The van der Waals surface area contributed by atoms with Gasteiger partial charge in [0.25, 0.3) is 11.8 Å². The third-order valence-electron chi connectivity index (χ3n) is 7.37. The van der Waals surface area contributed by atoms with Crippen LogP contribution in [0.25, 0.3) is 0 Å². The number of hydrogen-bond acceptors (Lipinski definition) is 3. The van der Waals surface area contributed by atoms with Crippen molar-refractivity contribution in [3.05, 3.63) is 35.4 Å². The van der Waals surface area contributed by atoms with Gasteiger partial charge in [-0.15, -0.1) is 0 Å². The maximum Gasteiger partial charge on any atom is 0.261 e. The molecule has 0 radical (unpaired) electrons. The third kappa shape index (κ3) is 5.02. The van der Waals surface area contributed by atoms with Crippen LogP contribution in [0.4, 0.5) is 0 Å². The highest BCUT2D eigenvalue weighted by atomic mass is 16.2. The molecule has 1 aliphatic heterocycles. The van der Waals surface area contributed by atoms with Crippen molar-refractivity contribution in [2.75, 3.05) is 6.54 Å². The molecule has 0 saturated heterocycles. The maximum atomic E-state index is 13.2. The third-order valence-corrected chi connectivity index (χ3v) is 7.37. The SMILES string of the molecule is O=C1c2ccccc2C(=O)N1CCCCCC(=O)N(C1CCCCC1)C1CCCCC1. The molecule has 5 heteroatoms. The summed E-state index contributed by atoms with van der Waals surface area (Å²) in [5.74, 6) is -0.0329. The number of unbranched alkanes of at least 4 members (excludes halogenated alkanes) is 2. The Labute approximate surface area is 186 Å². The van der Waals surface area contributed by atoms with E-state index in [9.17, 15) is 14.4 Å². The second-order valence-electron chi connectivity index (χ2n) is 9.50. The van der Waals surface area contributed by atoms with Crippen molar-refractivity contribution in [2.45, 2.75) is 102 Å². The zero-order chi connectivity index (χ0) is 21.6. The number of imide groups is 1. The molecule has 31 heavy (non-hydrogen) atoms. The molecule has 3 aliphatic rings. The fourth-order valence-electron chi connectivity index (χ4n) is 5.72. The lowest BCUT2D eigenvalue weighted by atomic mass is 9.88. The molecule has 4 rings (SSSR count). The van der Waals surface area contributed by atoms with Crippen LogP contribution in [-0.2, 0) is 4.79 Å². The first kappa shape index (κ1) is 22.0. The first-order valence-corrected chi connectivity index (χ1v) is 12.4. The number of fused-ring (bicyclic) bond motifs is 1. The first-order chi connectivity index (χ1) is 15.2. The zero-order valence-corrected chi connectivity index (χ0v) is 18.7. The lowest BCUT2D eigenvalue weighted by Crippen LogP contribution is -2.48. The largest absolute Gasteiger partial charge is 0.337 e. The molecule has 0 unspecified atom stereocenters. The highest BCUT2D eigenvalue weighted by Gasteiger charge is 2.35. The monoisotopic (exact) mass is 424 g/mol. The van der Waals surface area contributed by atoms with Gasteiger partial charge in [0.1, 0.15) is 0 Å². The molecule has 0 aromatic heterocycles. The van der Waals surface area contributed by atoms with Crippen molar-refractivity contribution in [2.24, 2.45) is 0 Å². The second-order valence-corrected chi connectivity index (χ2v) is 9.50. The number of carbonyl (C=O) groups is 3. The number of carbonyl (C=O) groups excluding carboxylic acids is 3. The van der Waals surface area contributed by atoms with Crippen LogP contribution >= 0.6 is 0 Å². The molecular weight excluding hydrogens is 388 g/mol. The molecule has 1 aromatic rings. The van der Waals surface area contributed by atoms with Gasteiger partial charge < -0.3 is 4.90 Å². The number of benzene rings is 1. The summed E-state index contributed by atoms with van der Waals surface area (Å²) in [6, 6.07) is 7.93. The van der Waals surface area contributed by atoms with Gasteiger partial charge in [0.2, 0.25) is 5.91 Å². The summed E-state index contributed by atoms with van der Waals surface area (Å²) in [4.78, 5) is 41.8. The lowest BCUT2D eigenvalue weighted by molar-refractivity contribution is -0.138. The Kier molecular flexibility index (Phi) is 7.41. The van der Waals surface area contributed by atoms with Crippen molar-refractivity contribution >= 4 is 17.7 Å². The van der Waals surface area contributed by atoms with Crippen molar-refractivity contribution < 1.29 is 14.4 Å². The molecular formula is C26H36N2O3. The van der Waals surface area contributed by atoms with Crippen LogP contribution < -0.4 is 0 Å². The highest BCUT2D eigenvalue weighted by molar-refractivity contribution is 6.21. The smallest absolute Gasteiger partial charge is 0.261 e. The minimum absolute atomic E-state index is 0.183. The fraction of sp³-hybridized carbons (Fsp3) is 0.654. The van der Waals surface area contributed by atoms with Gasteiger partial charge in [-0.1, -0.05) is 57.1 Å². The number of amides is 3. The molecule has 2 aliphatic carbocycles. The molecule has 0 bridgehead atoms. The predicted molar refractivity (Wildman–Crippen MR) is 121 cm³/mol. The summed E-state index contributed by atoms with van der Waals surface area (Å²) in [7, 11) is 0. The summed E-state index contributed by atoms with van der Waals surface area (Å²) in [5, 5.41) is 0. The van der Waals surface area contributed by atoms with Crippen LogP contribution in [0.2, 0.25) is 0 Å². The minimum atomic E-state index is -0.183. The first-order valence-electron chi connectivity index (χ1n) is 12.4. The summed E-state index contributed by atoms with van der Waals surface area (Å²) in [5.41, 5.74) is 1.02. The molecule has 2 saturated carbocycles. The van der Waals surface area contributed by atoms with Gasteiger partial charge in [0, 0.05) is 25.0 Å². The lowest BCUT2D eigenvalue weighted by Gasteiger charge is -2.42. The standard InChI is InChI=1S/C26H36N2O3/c29-24(28(20-12-4-1-5-13-20)21-14-6-2-7-15-21)18-8-3-11-19-27-25(30)22-16-9-10-17-23(22)26(27)31/h9-10,16-17,20-21H,1-8,11-15,18-19H2. The number of rotatable bonds is 8. The highest BCUT2D eigenvalue weighted by Crippen LogP contribution is 2.31. The summed E-state index contributed by atoms with van der Waals surface area (Å²) >= 11 is 0. The van der Waals surface area contributed by atoms with Gasteiger partial charge >= 0.3 is 0 Å². The molecule has 3 amide bonds. The molecule has 0 atom stereocenters. The van der Waals surface area contributed by atoms with Crippen molar-refractivity contribution in [1.82, 2.24) is 9.80 Å². The topological polar surface area (TPSA) is 57.7 Å². The predicted octanol–water partition coefficient (Wildman–Crippen LogP) is 5.34. The Morgan fingerprint density at radius 2 is 1.29 bits per heavy atom. The maximum absolute atomic E-state index is 13.2. The second kappa shape index (κ2) is 10.4. The normalized spacial score (nSPS) is 20.2. The van der Waals surface area contributed by atoms with E-state index in [2.05, 4.69) is 4.90 Å². The summed E-state index contributed by atoms with van der Waals surface area (Å²) in [6.45, 7) is 0.440. The van der Waals surface area contributed by atoms with Crippen LogP contribution in [0, 0.1) is 0 Å². The van der Waals surface area contributed by atoms with Gasteiger partial charge in [0.15, 0.2) is 0 Å². The molecule has 0 N–H and O–H groups in total. The minimum Gasteiger partial charge on any atom is -0.337 e. The van der Waals surface area contributed by atoms with Crippen LogP contribution in [0.5, 0.6) is 0 Å². The van der Waals surface area contributed by atoms with Crippen LogP contribution in [-0.4, -0.2) is 46.1 Å². The Balaban J connectivity index is 1.25. The quantitative estimate of drug-likeness (QED) is 0.418. The average molecular weight is 425 g/mol. The van der Waals surface area contributed by atoms with Crippen molar-refractivity contribution in [3.63, 3.8) is 0 Å². The molecule has 0 spiro atoms. The van der Waals surface area contributed by atoms with E-state index in [1.54, 1.807) is 24.3 Å². The molecule has 1 heterocycles. The van der Waals surface area contributed by atoms with E-state index in [1.807, 2.05) is 0 Å². The van der Waals surface area contributed by atoms with E-state index < -0.39 is 0 Å². The molecule has 5 nitrogen and oxygen atoms in total. The van der Waals surface area contributed by atoms with E-state index in [4.69, 9.17) is 0 Å². The van der Waals surface area contributed by atoms with E-state index >= 15 is 0 Å². The average Bonchev–Trinajstić information content (AvgIpc) is 3.05. The van der Waals surface area contributed by atoms with Crippen LogP contribution in [0.3, 0.4) is 0 Å². The summed E-state index contributed by atoms with van der Waals surface area (Å²) < 4.78 is 0. The van der Waals surface area contributed by atoms with Crippen molar-refractivity contribution in [3.8, 4) is 0 Å². The van der Waals surface area contributed by atoms with E-state index in [0.29, 0.717) is 42.1 Å². The van der Waals surface area contributed by atoms with Gasteiger partial charge in [-0.3, -0.25) is 19.3 Å². The number of nitrogens with zero attached hydrogens (tertiary/aromatic N) is 2. The van der Waals surface area contributed by atoms with Gasteiger partial charge in [-0.2, -0.15) is 0 Å². The Hall–Kier alpha value is -2.17. The van der Waals surface area contributed by atoms with E-state index in [-0.39, 0.29) is 11.8 Å². The van der Waals surface area contributed by atoms with Crippen molar-refractivity contribution in [1.29, 1.82) is 0 Å². The summed E-state index contributed by atoms with van der Waals surface area (Å²) in [6.07, 6.45) is 15.3. The van der Waals surface area contributed by atoms with Gasteiger partial charge in [-0.05, 0) is 50.7 Å². The fourth-order valence-corrected chi connectivity index (χ4v) is 5.72. The molecule has 1 aromatic carbocycles. The van der Waals surface area contributed by atoms with E-state index in [0.717, 1.165) is 19.3 Å². The zero-order valence-electron chi connectivity index (χ0n) is 18.7. The number of hydrogen-bond donors (Lipinski definition) is 0. The van der Waals surface area contributed by atoms with Gasteiger partial charge in [-0.25, -0.2) is 0 Å². The van der Waals surface area contributed by atoms with Gasteiger partial charge in [0.05, 0.1) is 11.1 Å². The Bertz CT molecular complexity index is 741. The van der Waals surface area contributed by atoms with E-state index in [1.165, 1.54) is 69.1 Å². The van der Waals surface area contributed by atoms with Crippen LogP contribution in [0.1, 0.15) is 111 Å². The Morgan fingerprint density at radius 1 is 0.774 bits per heavy atom. The molecule has 168 valence electrons. The Morgan fingerprint density at radius 3 is 1.81 bits per heavy atom. The molecule has 2 fully saturated rings.